The van der Waals surface area contributed by atoms with Crippen molar-refractivity contribution >= 4 is 28.1 Å². The van der Waals surface area contributed by atoms with Gasteiger partial charge >= 0.3 is 5.97 Å². The molecule has 0 saturated heterocycles. The lowest BCUT2D eigenvalue weighted by molar-refractivity contribution is 0.0690. The molecule has 1 aromatic heterocycles. The molecule has 0 saturated carbocycles. The van der Waals surface area contributed by atoms with Crippen molar-refractivity contribution in [1.82, 2.24) is 4.98 Å². The van der Waals surface area contributed by atoms with E-state index in [1.807, 2.05) is 0 Å². The summed E-state index contributed by atoms with van der Waals surface area (Å²) in [4.78, 5) is 15.1. The molecule has 4 nitrogen and oxygen atoms in total. The molecule has 18 heavy (non-hydrogen) atoms. The number of aromatic nitrogens is 1. The second-order valence-corrected chi connectivity index (χ2v) is 4.72. The van der Waals surface area contributed by atoms with Gasteiger partial charge in [-0.25, -0.2) is 18.6 Å². The Morgan fingerprint density at radius 3 is 2.44 bits per heavy atom. The highest BCUT2D eigenvalue weighted by Crippen LogP contribution is 2.26. The molecule has 1 aromatic carbocycles. The summed E-state index contributed by atoms with van der Waals surface area (Å²) in [5, 5.41) is 11.8. The SMILES string of the molecule is Cc1sc(Nc2cc(F)cc(F)c2)nc1C(=O)O. The number of rotatable bonds is 3. The molecule has 0 atom stereocenters. The number of nitrogens with zero attached hydrogens (tertiary/aromatic N) is 1. The van der Waals surface area contributed by atoms with Crippen molar-refractivity contribution in [2.75, 3.05) is 5.32 Å². The minimum absolute atomic E-state index is 0.0700. The van der Waals surface area contributed by atoms with Crippen LogP contribution in [0.15, 0.2) is 18.2 Å². The van der Waals surface area contributed by atoms with E-state index < -0.39 is 17.6 Å². The van der Waals surface area contributed by atoms with E-state index in [9.17, 15) is 13.6 Å². The van der Waals surface area contributed by atoms with E-state index >= 15 is 0 Å². The number of aromatic carboxylic acids is 1. The minimum Gasteiger partial charge on any atom is -0.476 e. The van der Waals surface area contributed by atoms with E-state index in [0.29, 0.717) is 4.88 Å². The highest BCUT2D eigenvalue weighted by Gasteiger charge is 2.14. The summed E-state index contributed by atoms with van der Waals surface area (Å²) in [5.41, 5.74) is 0.109. The number of hydrogen-bond donors (Lipinski definition) is 2. The molecule has 0 radical (unpaired) electrons. The second-order valence-electron chi connectivity index (χ2n) is 3.51. The van der Waals surface area contributed by atoms with Crippen LogP contribution < -0.4 is 5.32 Å². The predicted octanol–water partition coefficient (Wildman–Crippen LogP) is 3.17. The largest absolute Gasteiger partial charge is 0.476 e. The van der Waals surface area contributed by atoms with Crippen molar-refractivity contribution in [3.63, 3.8) is 0 Å². The van der Waals surface area contributed by atoms with Crippen molar-refractivity contribution in [2.45, 2.75) is 6.92 Å². The van der Waals surface area contributed by atoms with Gasteiger partial charge in [0.1, 0.15) is 11.6 Å². The molecule has 0 aliphatic rings. The average molecular weight is 270 g/mol. The fraction of sp³-hybridized carbons (Fsp3) is 0.0909. The summed E-state index contributed by atoms with van der Waals surface area (Å²) in [6.45, 7) is 1.61. The average Bonchev–Trinajstić information content (AvgIpc) is 2.57. The zero-order valence-electron chi connectivity index (χ0n) is 9.20. The van der Waals surface area contributed by atoms with Crippen LogP contribution in [0.4, 0.5) is 19.6 Å². The van der Waals surface area contributed by atoms with E-state index in [1.54, 1.807) is 6.92 Å². The molecule has 2 rings (SSSR count). The molecule has 0 bridgehead atoms. The zero-order valence-corrected chi connectivity index (χ0v) is 10.0. The summed E-state index contributed by atoms with van der Waals surface area (Å²) in [5.74, 6) is -2.57. The van der Waals surface area contributed by atoms with Crippen molar-refractivity contribution in [3.05, 3.63) is 40.4 Å². The lowest BCUT2D eigenvalue weighted by atomic mass is 10.3. The predicted molar refractivity (Wildman–Crippen MR) is 63.5 cm³/mol. The molecular weight excluding hydrogens is 262 g/mol. The normalized spacial score (nSPS) is 10.4. The number of nitrogens with one attached hydrogen (secondary N) is 1. The number of carboxylic acids is 1. The molecular formula is C11H8F2N2O2S. The Labute approximate surface area is 105 Å². The summed E-state index contributed by atoms with van der Waals surface area (Å²) in [7, 11) is 0. The Balaban J connectivity index is 2.28. The van der Waals surface area contributed by atoms with Crippen LogP contribution >= 0.6 is 11.3 Å². The Kier molecular flexibility index (Phi) is 3.24. The highest BCUT2D eigenvalue weighted by atomic mass is 32.1. The maximum absolute atomic E-state index is 13.0. The number of hydrogen-bond acceptors (Lipinski definition) is 4. The maximum atomic E-state index is 13.0. The highest BCUT2D eigenvalue weighted by molar-refractivity contribution is 7.15. The third-order valence-corrected chi connectivity index (χ3v) is 3.00. The van der Waals surface area contributed by atoms with Crippen LogP contribution in [0.3, 0.4) is 0 Å². The first-order valence-corrected chi connectivity index (χ1v) is 5.71. The lowest BCUT2D eigenvalue weighted by Gasteiger charge is -2.02. The van der Waals surface area contributed by atoms with E-state index in [1.165, 1.54) is 0 Å². The van der Waals surface area contributed by atoms with Gasteiger partial charge in [0.15, 0.2) is 10.8 Å². The van der Waals surface area contributed by atoms with E-state index in [0.717, 1.165) is 29.5 Å². The Hall–Kier alpha value is -2.02. The smallest absolute Gasteiger partial charge is 0.355 e. The third-order valence-electron chi connectivity index (χ3n) is 2.11. The van der Waals surface area contributed by atoms with Gasteiger partial charge in [-0.3, -0.25) is 0 Å². The van der Waals surface area contributed by atoms with E-state index in [4.69, 9.17) is 5.11 Å². The van der Waals surface area contributed by atoms with Gasteiger partial charge < -0.3 is 10.4 Å². The number of anilines is 2. The molecule has 0 aliphatic heterocycles. The fourth-order valence-electron chi connectivity index (χ4n) is 1.40. The van der Waals surface area contributed by atoms with Crippen LogP contribution in [-0.4, -0.2) is 16.1 Å². The zero-order chi connectivity index (χ0) is 13.3. The van der Waals surface area contributed by atoms with Crippen molar-refractivity contribution in [1.29, 1.82) is 0 Å². The van der Waals surface area contributed by atoms with Gasteiger partial charge in [-0.15, -0.1) is 11.3 Å². The third kappa shape index (κ3) is 2.62. The van der Waals surface area contributed by atoms with Crippen LogP contribution in [-0.2, 0) is 0 Å². The number of halogens is 2. The number of carbonyl (C=O) groups is 1. The number of aryl methyl sites for hydroxylation is 1. The monoisotopic (exact) mass is 270 g/mol. The molecule has 0 spiro atoms. The first-order chi connectivity index (χ1) is 8.45. The molecule has 0 fully saturated rings. The van der Waals surface area contributed by atoms with E-state index in [2.05, 4.69) is 10.3 Å². The van der Waals surface area contributed by atoms with Crippen LogP contribution in [0.25, 0.3) is 0 Å². The summed E-state index contributed by atoms with van der Waals surface area (Å²) in [6, 6.07) is 2.95. The fourth-order valence-corrected chi connectivity index (χ4v) is 2.22. The molecule has 94 valence electrons. The van der Waals surface area contributed by atoms with E-state index in [-0.39, 0.29) is 16.5 Å². The van der Waals surface area contributed by atoms with Crippen molar-refractivity contribution in [2.24, 2.45) is 0 Å². The molecule has 0 amide bonds. The van der Waals surface area contributed by atoms with Gasteiger partial charge in [0.25, 0.3) is 0 Å². The first kappa shape index (κ1) is 12.4. The second kappa shape index (κ2) is 4.69. The Bertz CT molecular complexity index is 593. The summed E-state index contributed by atoms with van der Waals surface area (Å²) < 4.78 is 25.9. The van der Waals surface area contributed by atoms with Gasteiger partial charge in [0.2, 0.25) is 0 Å². The number of carboxylic acid groups (broad SMARTS) is 1. The Morgan fingerprint density at radius 1 is 1.33 bits per heavy atom. The Morgan fingerprint density at radius 2 is 1.94 bits per heavy atom. The summed E-state index contributed by atoms with van der Waals surface area (Å²) >= 11 is 1.10. The molecule has 0 unspecified atom stereocenters. The van der Waals surface area contributed by atoms with Gasteiger partial charge in [0, 0.05) is 16.6 Å². The maximum Gasteiger partial charge on any atom is 0.355 e. The molecule has 7 heteroatoms. The summed E-state index contributed by atoms with van der Waals surface area (Å²) in [6.07, 6.45) is 0. The number of benzene rings is 1. The lowest BCUT2D eigenvalue weighted by Crippen LogP contribution is -1.99. The minimum atomic E-state index is -1.14. The van der Waals surface area contributed by atoms with Crippen LogP contribution in [0.1, 0.15) is 15.4 Å². The van der Waals surface area contributed by atoms with Gasteiger partial charge in [-0.1, -0.05) is 0 Å². The van der Waals surface area contributed by atoms with Crippen LogP contribution in [0.2, 0.25) is 0 Å². The van der Waals surface area contributed by atoms with Crippen molar-refractivity contribution < 1.29 is 18.7 Å². The van der Waals surface area contributed by atoms with Crippen LogP contribution in [0, 0.1) is 18.6 Å². The first-order valence-electron chi connectivity index (χ1n) is 4.89. The standard InChI is InChI=1S/C11H8F2N2O2S/c1-5-9(10(16)17)15-11(18-5)14-8-3-6(12)2-7(13)4-8/h2-4H,1H3,(H,14,15)(H,16,17). The van der Waals surface area contributed by atoms with Gasteiger partial charge in [0.05, 0.1) is 0 Å². The topological polar surface area (TPSA) is 62.2 Å². The molecule has 2 aromatic rings. The van der Waals surface area contributed by atoms with Gasteiger partial charge in [-0.2, -0.15) is 0 Å². The number of thiazole rings is 1. The van der Waals surface area contributed by atoms with Crippen LogP contribution in [0.5, 0.6) is 0 Å². The molecule has 0 aliphatic carbocycles. The molecule has 1 heterocycles. The van der Waals surface area contributed by atoms with Crippen molar-refractivity contribution in [3.8, 4) is 0 Å². The quantitative estimate of drug-likeness (QED) is 0.899. The van der Waals surface area contributed by atoms with Gasteiger partial charge in [-0.05, 0) is 19.1 Å². The molecule has 2 N–H and O–H groups in total.